The Morgan fingerprint density at radius 3 is 2.80 bits per heavy atom. The Kier molecular flexibility index (Phi) is 3.85. The lowest BCUT2D eigenvalue weighted by Gasteiger charge is -2.11. The van der Waals surface area contributed by atoms with Crippen molar-refractivity contribution >= 4 is 11.9 Å². The summed E-state index contributed by atoms with van der Waals surface area (Å²) in [5.41, 5.74) is 5.45. The highest BCUT2D eigenvalue weighted by Crippen LogP contribution is 2.08. The monoisotopic (exact) mass is 210 g/mol. The zero-order valence-corrected chi connectivity index (χ0v) is 9.40. The van der Waals surface area contributed by atoms with Gasteiger partial charge in [-0.25, -0.2) is 4.98 Å². The molecule has 0 saturated carbocycles. The van der Waals surface area contributed by atoms with Crippen LogP contribution >= 0.6 is 0 Å². The van der Waals surface area contributed by atoms with Gasteiger partial charge >= 0.3 is 0 Å². The summed E-state index contributed by atoms with van der Waals surface area (Å²) in [6.07, 6.45) is 3.51. The number of nitrogens with zero attached hydrogens (tertiary/aromatic N) is 2. The molecule has 0 bridgehead atoms. The number of hydrogen-bond donors (Lipinski definition) is 2. The van der Waals surface area contributed by atoms with E-state index in [0.717, 1.165) is 6.54 Å². The van der Waals surface area contributed by atoms with Crippen LogP contribution < -0.4 is 11.1 Å². The number of carbonyl (C=O) groups is 1. The highest BCUT2D eigenvalue weighted by Gasteiger charge is 2.11. The fourth-order valence-corrected chi connectivity index (χ4v) is 1.20. The van der Waals surface area contributed by atoms with Gasteiger partial charge in [-0.05, 0) is 12.8 Å². The molecule has 84 valence electrons. The summed E-state index contributed by atoms with van der Waals surface area (Å²) in [6, 6.07) is -0.519. The maximum absolute atomic E-state index is 11.4. The van der Waals surface area contributed by atoms with Gasteiger partial charge in [0, 0.05) is 18.9 Å². The Morgan fingerprint density at radius 2 is 2.27 bits per heavy atom. The van der Waals surface area contributed by atoms with Crippen LogP contribution in [0.4, 0.5) is 5.95 Å². The Labute approximate surface area is 89.7 Å². The minimum atomic E-state index is -0.519. The highest BCUT2D eigenvalue weighted by molar-refractivity contribution is 5.92. The van der Waals surface area contributed by atoms with Crippen molar-refractivity contribution < 1.29 is 4.79 Å². The van der Waals surface area contributed by atoms with Crippen LogP contribution in [0, 0.1) is 5.92 Å². The average Bonchev–Trinajstić information content (AvgIpc) is 2.51. The molecule has 1 rings (SSSR count). The van der Waals surface area contributed by atoms with Crippen molar-refractivity contribution in [2.75, 3.05) is 5.32 Å². The Hall–Kier alpha value is -1.36. The number of rotatable bonds is 4. The van der Waals surface area contributed by atoms with E-state index in [4.69, 9.17) is 5.73 Å². The molecule has 1 atom stereocenters. The maximum Gasteiger partial charge on any atom is 0.243 e. The molecule has 1 heterocycles. The lowest BCUT2D eigenvalue weighted by Crippen LogP contribution is -2.33. The SMILES string of the molecule is CC(C)Cn1ccnc1NC(=O)[C@H](C)N. The van der Waals surface area contributed by atoms with Crippen LogP contribution in [0.3, 0.4) is 0 Å². The number of amides is 1. The minimum Gasteiger partial charge on any atom is -0.320 e. The first-order chi connectivity index (χ1) is 7.00. The summed E-state index contributed by atoms with van der Waals surface area (Å²) < 4.78 is 1.91. The molecular weight excluding hydrogens is 192 g/mol. The second kappa shape index (κ2) is 4.93. The van der Waals surface area contributed by atoms with E-state index in [-0.39, 0.29) is 5.91 Å². The first-order valence-corrected chi connectivity index (χ1v) is 5.08. The highest BCUT2D eigenvalue weighted by atomic mass is 16.2. The number of nitrogens with two attached hydrogens (primary N) is 1. The summed E-state index contributed by atoms with van der Waals surface area (Å²) in [5.74, 6) is 0.849. The van der Waals surface area contributed by atoms with Crippen molar-refractivity contribution in [1.82, 2.24) is 9.55 Å². The third kappa shape index (κ3) is 3.36. The van der Waals surface area contributed by atoms with Crippen LogP contribution in [0.2, 0.25) is 0 Å². The Balaban J connectivity index is 2.69. The van der Waals surface area contributed by atoms with Crippen molar-refractivity contribution in [2.24, 2.45) is 11.7 Å². The Morgan fingerprint density at radius 1 is 1.60 bits per heavy atom. The molecule has 0 spiro atoms. The largest absolute Gasteiger partial charge is 0.320 e. The fraction of sp³-hybridized carbons (Fsp3) is 0.600. The number of imidazole rings is 1. The summed E-state index contributed by atoms with van der Waals surface area (Å²) in [4.78, 5) is 15.4. The van der Waals surface area contributed by atoms with Crippen molar-refractivity contribution in [3.63, 3.8) is 0 Å². The average molecular weight is 210 g/mol. The third-order valence-corrected chi connectivity index (χ3v) is 1.93. The molecule has 3 N–H and O–H groups in total. The number of nitrogens with one attached hydrogen (secondary N) is 1. The van der Waals surface area contributed by atoms with Gasteiger partial charge in [0.2, 0.25) is 11.9 Å². The molecule has 0 unspecified atom stereocenters. The van der Waals surface area contributed by atoms with Gasteiger partial charge < -0.3 is 10.3 Å². The van der Waals surface area contributed by atoms with Gasteiger partial charge in [0.25, 0.3) is 0 Å². The first kappa shape index (κ1) is 11.7. The van der Waals surface area contributed by atoms with Crippen LogP contribution in [0.15, 0.2) is 12.4 Å². The molecular formula is C10H18N4O. The zero-order valence-electron chi connectivity index (χ0n) is 9.40. The van der Waals surface area contributed by atoms with E-state index in [0.29, 0.717) is 11.9 Å². The quantitative estimate of drug-likeness (QED) is 0.773. The van der Waals surface area contributed by atoms with Crippen LogP contribution in [0.1, 0.15) is 20.8 Å². The normalized spacial score (nSPS) is 12.9. The zero-order chi connectivity index (χ0) is 11.4. The summed E-state index contributed by atoms with van der Waals surface area (Å²) in [6.45, 7) is 6.69. The van der Waals surface area contributed by atoms with Crippen molar-refractivity contribution in [2.45, 2.75) is 33.4 Å². The molecule has 0 saturated heterocycles. The number of hydrogen-bond acceptors (Lipinski definition) is 3. The molecule has 5 heteroatoms. The second-order valence-corrected chi connectivity index (χ2v) is 4.07. The van der Waals surface area contributed by atoms with E-state index < -0.39 is 6.04 Å². The molecule has 0 aromatic carbocycles. The third-order valence-electron chi connectivity index (χ3n) is 1.93. The van der Waals surface area contributed by atoms with E-state index >= 15 is 0 Å². The van der Waals surface area contributed by atoms with Gasteiger partial charge in [-0.1, -0.05) is 13.8 Å². The first-order valence-electron chi connectivity index (χ1n) is 5.08. The van der Waals surface area contributed by atoms with E-state index in [1.807, 2.05) is 10.8 Å². The minimum absolute atomic E-state index is 0.216. The van der Waals surface area contributed by atoms with E-state index in [2.05, 4.69) is 24.1 Å². The van der Waals surface area contributed by atoms with Gasteiger partial charge in [0.1, 0.15) is 0 Å². The number of carbonyl (C=O) groups excluding carboxylic acids is 1. The Bertz CT molecular complexity index is 330. The number of aromatic nitrogens is 2. The summed E-state index contributed by atoms with van der Waals surface area (Å²) in [5, 5.41) is 2.68. The molecule has 0 aliphatic rings. The van der Waals surface area contributed by atoms with E-state index in [1.165, 1.54) is 0 Å². The predicted molar refractivity (Wildman–Crippen MR) is 59.3 cm³/mol. The van der Waals surface area contributed by atoms with Gasteiger partial charge in [-0.3, -0.25) is 10.1 Å². The van der Waals surface area contributed by atoms with Crippen LogP contribution in [-0.4, -0.2) is 21.5 Å². The van der Waals surface area contributed by atoms with Gasteiger partial charge in [-0.2, -0.15) is 0 Å². The van der Waals surface area contributed by atoms with E-state index in [1.54, 1.807) is 13.1 Å². The van der Waals surface area contributed by atoms with Crippen molar-refractivity contribution in [1.29, 1.82) is 0 Å². The lowest BCUT2D eigenvalue weighted by atomic mass is 10.2. The van der Waals surface area contributed by atoms with Gasteiger partial charge in [0.15, 0.2) is 0 Å². The standard InChI is InChI=1S/C10H18N4O/c1-7(2)6-14-5-4-12-10(14)13-9(15)8(3)11/h4-5,7-8H,6,11H2,1-3H3,(H,12,13,15)/t8-/m0/s1. The van der Waals surface area contributed by atoms with Gasteiger partial charge in [-0.15, -0.1) is 0 Å². The van der Waals surface area contributed by atoms with E-state index in [9.17, 15) is 4.79 Å². The second-order valence-electron chi connectivity index (χ2n) is 4.07. The number of anilines is 1. The fourth-order valence-electron chi connectivity index (χ4n) is 1.20. The molecule has 0 aliphatic heterocycles. The molecule has 1 aromatic heterocycles. The van der Waals surface area contributed by atoms with Crippen molar-refractivity contribution in [3.8, 4) is 0 Å². The molecule has 0 fully saturated rings. The molecule has 15 heavy (non-hydrogen) atoms. The van der Waals surface area contributed by atoms with Crippen molar-refractivity contribution in [3.05, 3.63) is 12.4 Å². The molecule has 1 aromatic rings. The predicted octanol–water partition coefficient (Wildman–Crippen LogP) is 0.825. The smallest absolute Gasteiger partial charge is 0.243 e. The molecule has 0 aliphatic carbocycles. The molecule has 0 radical (unpaired) electrons. The lowest BCUT2D eigenvalue weighted by molar-refractivity contribution is -0.117. The van der Waals surface area contributed by atoms with Crippen LogP contribution in [-0.2, 0) is 11.3 Å². The topological polar surface area (TPSA) is 72.9 Å². The summed E-state index contributed by atoms with van der Waals surface area (Å²) in [7, 11) is 0. The van der Waals surface area contributed by atoms with Crippen LogP contribution in [0.25, 0.3) is 0 Å². The molecule has 5 nitrogen and oxygen atoms in total. The summed E-state index contributed by atoms with van der Waals surface area (Å²) >= 11 is 0. The van der Waals surface area contributed by atoms with Crippen LogP contribution in [0.5, 0.6) is 0 Å². The van der Waals surface area contributed by atoms with Gasteiger partial charge in [0.05, 0.1) is 6.04 Å². The molecule has 1 amide bonds. The maximum atomic E-state index is 11.4.